The number of rotatable bonds is 5. The molecule has 1 aromatic carbocycles. The van der Waals surface area contributed by atoms with Crippen molar-refractivity contribution in [2.24, 2.45) is 0 Å². The fourth-order valence-corrected chi connectivity index (χ4v) is 3.21. The molecule has 112 valence electrons. The number of aryl methyl sites for hydroxylation is 2. The summed E-state index contributed by atoms with van der Waals surface area (Å²) in [5, 5.41) is 5.12. The van der Waals surface area contributed by atoms with Crippen LogP contribution in [-0.4, -0.2) is 11.5 Å². The van der Waals surface area contributed by atoms with Gasteiger partial charge in [-0.1, -0.05) is 48.0 Å². The van der Waals surface area contributed by atoms with Crippen molar-refractivity contribution in [1.29, 1.82) is 0 Å². The van der Waals surface area contributed by atoms with Crippen molar-refractivity contribution in [3.05, 3.63) is 45.4 Å². The van der Waals surface area contributed by atoms with Crippen molar-refractivity contribution < 1.29 is 0 Å². The number of hydrogen-bond acceptors (Lipinski definition) is 3. The Labute approximate surface area is 140 Å². The van der Waals surface area contributed by atoms with Crippen LogP contribution in [-0.2, 0) is 0 Å². The Morgan fingerprint density at radius 1 is 1.10 bits per heavy atom. The first-order valence-electron chi connectivity index (χ1n) is 6.86. The van der Waals surface area contributed by atoms with Crippen LogP contribution in [0.3, 0.4) is 0 Å². The standard InChI is InChI=1S/C16H18Cl2N2S/c1-4-7-19-15-13(17)9-14(18)16(20-15)21-12-6-5-10(2)11(3)8-12/h5-6,8-9H,4,7H2,1-3H3,(H,19,20). The van der Waals surface area contributed by atoms with E-state index < -0.39 is 0 Å². The first-order valence-corrected chi connectivity index (χ1v) is 8.43. The van der Waals surface area contributed by atoms with E-state index in [1.165, 1.54) is 11.1 Å². The van der Waals surface area contributed by atoms with Crippen LogP contribution >= 0.6 is 35.0 Å². The van der Waals surface area contributed by atoms with E-state index in [1.807, 2.05) is 0 Å². The van der Waals surface area contributed by atoms with E-state index in [4.69, 9.17) is 23.2 Å². The molecule has 0 bridgehead atoms. The highest BCUT2D eigenvalue weighted by Crippen LogP contribution is 2.36. The second-order valence-electron chi connectivity index (χ2n) is 4.88. The molecule has 0 saturated heterocycles. The molecule has 0 saturated carbocycles. The van der Waals surface area contributed by atoms with Crippen LogP contribution in [0.2, 0.25) is 10.0 Å². The van der Waals surface area contributed by atoms with Crippen LogP contribution < -0.4 is 5.32 Å². The van der Waals surface area contributed by atoms with Gasteiger partial charge in [0.15, 0.2) is 0 Å². The summed E-state index contributed by atoms with van der Waals surface area (Å²) in [4.78, 5) is 5.67. The molecule has 1 N–H and O–H groups in total. The maximum absolute atomic E-state index is 6.26. The van der Waals surface area contributed by atoms with Crippen molar-refractivity contribution in [2.45, 2.75) is 37.1 Å². The fraction of sp³-hybridized carbons (Fsp3) is 0.312. The molecule has 21 heavy (non-hydrogen) atoms. The maximum atomic E-state index is 6.26. The summed E-state index contributed by atoms with van der Waals surface area (Å²) in [5.74, 6) is 0.689. The molecule has 0 aliphatic heterocycles. The summed E-state index contributed by atoms with van der Waals surface area (Å²) in [7, 11) is 0. The summed E-state index contributed by atoms with van der Waals surface area (Å²) < 4.78 is 0. The van der Waals surface area contributed by atoms with Gasteiger partial charge in [-0.2, -0.15) is 0 Å². The van der Waals surface area contributed by atoms with Gasteiger partial charge in [0.1, 0.15) is 10.8 Å². The van der Waals surface area contributed by atoms with Gasteiger partial charge in [-0.15, -0.1) is 0 Å². The summed E-state index contributed by atoms with van der Waals surface area (Å²) in [5.41, 5.74) is 2.54. The van der Waals surface area contributed by atoms with E-state index in [9.17, 15) is 0 Å². The number of nitrogens with one attached hydrogen (secondary N) is 1. The average molecular weight is 341 g/mol. The van der Waals surface area contributed by atoms with E-state index in [2.05, 4.69) is 49.3 Å². The van der Waals surface area contributed by atoms with Crippen molar-refractivity contribution in [2.75, 3.05) is 11.9 Å². The number of aromatic nitrogens is 1. The van der Waals surface area contributed by atoms with Crippen LogP contribution in [0.4, 0.5) is 5.82 Å². The average Bonchev–Trinajstić information content (AvgIpc) is 2.44. The van der Waals surface area contributed by atoms with Gasteiger partial charge in [0, 0.05) is 11.4 Å². The van der Waals surface area contributed by atoms with Crippen LogP contribution in [0.5, 0.6) is 0 Å². The molecule has 0 amide bonds. The normalized spacial score (nSPS) is 10.7. The van der Waals surface area contributed by atoms with E-state index >= 15 is 0 Å². The predicted molar refractivity (Wildman–Crippen MR) is 93.1 cm³/mol. The van der Waals surface area contributed by atoms with Gasteiger partial charge in [-0.25, -0.2) is 4.98 Å². The number of anilines is 1. The van der Waals surface area contributed by atoms with E-state index in [1.54, 1.807) is 17.8 Å². The van der Waals surface area contributed by atoms with E-state index in [0.717, 1.165) is 22.9 Å². The first-order chi connectivity index (χ1) is 10.0. The Morgan fingerprint density at radius 3 is 2.52 bits per heavy atom. The SMILES string of the molecule is CCCNc1nc(Sc2ccc(C)c(C)c2)c(Cl)cc1Cl. The molecule has 2 rings (SSSR count). The minimum absolute atomic E-state index is 0.554. The van der Waals surface area contributed by atoms with Gasteiger partial charge < -0.3 is 5.32 Å². The summed E-state index contributed by atoms with van der Waals surface area (Å²) in [6.07, 6.45) is 1.01. The zero-order valence-corrected chi connectivity index (χ0v) is 14.7. The van der Waals surface area contributed by atoms with Crippen molar-refractivity contribution >= 4 is 40.8 Å². The highest BCUT2D eigenvalue weighted by molar-refractivity contribution is 7.99. The maximum Gasteiger partial charge on any atom is 0.146 e. The number of hydrogen-bond donors (Lipinski definition) is 1. The lowest BCUT2D eigenvalue weighted by atomic mass is 10.1. The quantitative estimate of drug-likeness (QED) is 0.724. The Kier molecular flexibility index (Phi) is 5.80. The van der Waals surface area contributed by atoms with Gasteiger partial charge in [0.2, 0.25) is 0 Å². The Bertz CT molecular complexity index is 644. The van der Waals surface area contributed by atoms with Gasteiger partial charge in [-0.3, -0.25) is 0 Å². The zero-order chi connectivity index (χ0) is 15.4. The third-order valence-corrected chi connectivity index (χ3v) is 4.82. The molecule has 0 aliphatic rings. The number of benzene rings is 1. The number of halogens is 2. The van der Waals surface area contributed by atoms with E-state index in [-0.39, 0.29) is 0 Å². The molecular formula is C16H18Cl2N2S. The zero-order valence-electron chi connectivity index (χ0n) is 12.3. The summed E-state index contributed by atoms with van der Waals surface area (Å²) in [6.45, 7) is 7.14. The van der Waals surface area contributed by atoms with Gasteiger partial charge in [-0.05, 0) is 49.6 Å². The fourth-order valence-electron chi connectivity index (χ4n) is 1.78. The number of pyridine rings is 1. The highest BCUT2D eigenvalue weighted by Gasteiger charge is 2.11. The molecule has 5 heteroatoms. The second-order valence-corrected chi connectivity index (χ2v) is 6.76. The van der Waals surface area contributed by atoms with E-state index in [0.29, 0.717) is 15.9 Å². The largest absolute Gasteiger partial charge is 0.369 e. The van der Waals surface area contributed by atoms with Gasteiger partial charge >= 0.3 is 0 Å². The number of nitrogens with zero attached hydrogens (tertiary/aromatic N) is 1. The molecule has 0 unspecified atom stereocenters. The molecule has 0 radical (unpaired) electrons. The lowest BCUT2D eigenvalue weighted by Crippen LogP contribution is -2.03. The molecule has 2 nitrogen and oxygen atoms in total. The Hall–Kier alpha value is -0.900. The molecule has 1 aromatic heterocycles. The first kappa shape index (κ1) is 16.5. The van der Waals surface area contributed by atoms with Crippen LogP contribution in [0.1, 0.15) is 24.5 Å². The molecule has 0 aliphatic carbocycles. The summed E-state index contributed by atoms with van der Waals surface area (Å²) in [6, 6.07) is 8.08. The van der Waals surface area contributed by atoms with Crippen LogP contribution in [0.25, 0.3) is 0 Å². The Balaban J connectivity index is 2.28. The molecule has 2 aromatic rings. The van der Waals surface area contributed by atoms with Crippen molar-refractivity contribution in [3.63, 3.8) is 0 Å². The minimum atomic E-state index is 0.554. The van der Waals surface area contributed by atoms with Crippen molar-refractivity contribution in [1.82, 2.24) is 4.98 Å². The van der Waals surface area contributed by atoms with Gasteiger partial charge in [0.25, 0.3) is 0 Å². The lowest BCUT2D eigenvalue weighted by molar-refractivity contribution is 0.960. The second kappa shape index (κ2) is 7.39. The van der Waals surface area contributed by atoms with Crippen LogP contribution in [0.15, 0.2) is 34.2 Å². The third-order valence-electron chi connectivity index (χ3n) is 3.13. The van der Waals surface area contributed by atoms with Crippen LogP contribution in [0, 0.1) is 13.8 Å². The summed E-state index contributed by atoms with van der Waals surface area (Å²) >= 11 is 14.0. The smallest absolute Gasteiger partial charge is 0.146 e. The molecule has 0 atom stereocenters. The molecule has 1 heterocycles. The Morgan fingerprint density at radius 2 is 1.86 bits per heavy atom. The minimum Gasteiger partial charge on any atom is -0.369 e. The van der Waals surface area contributed by atoms with Gasteiger partial charge in [0.05, 0.1) is 10.0 Å². The monoisotopic (exact) mass is 340 g/mol. The lowest BCUT2D eigenvalue weighted by Gasteiger charge is -2.11. The molecule has 0 fully saturated rings. The highest BCUT2D eigenvalue weighted by atomic mass is 35.5. The molecular weight excluding hydrogens is 323 g/mol. The topological polar surface area (TPSA) is 24.9 Å². The third kappa shape index (κ3) is 4.29. The molecule has 0 spiro atoms. The predicted octanol–water partition coefficient (Wildman–Crippen LogP) is 5.98. The van der Waals surface area contributed by atoms with Crippen molar-refractivity contribution in [3.8, 4) is 0 Å².